The van der Waals surface area contributed by atoms with Gasteiger partial charge in [0.1, 0.15) is 11.9 Å². The Morgan fingerprint density at radius 2 is 2.21 bits per heavy atom. The number of ether oxygens (including phenoxy) is 1. The average Bonchev–Trinajstić information content (AvgIpc) is 3.15. The van der Waals surface area contributed by atoms with Crippen LogP contribution in [0.15, 0.2) is 22.8 Å². The smallest absolute Gasteiger partial charge is 0.315 e. The minimum absolute atomic E-state index is 0.0692. The van der Waals surface area contributed by atoms with E-state index in [1.54, 1.807) is 12.1 Å². The molecule has 2 rings (SSSR count). The largest absolute Gasteiger partial charge is 0.467 e. The number of aliphatic hydroxyl groups excluding tert-OH is 1. The molecule has 136 valence electrons. The molecule has 24 heavy (non-hydrogen) atoms. The molecule has 0 bridgehead atoms. The van der Waals surface area contributed by atoms with E-state index in [9.17, 15) is 9.90 Å². The first-order valence-electron chi connectivity index (χ1n) is 8.65. The molecule has 1 aromatic rings. The third kappa shape index (κ3) is 5.24. The SMILES string of the molecule is C[C@H](C[C@H](O)c1ccco1)NC(=O)NC[C@@H]1CCO[C@@H]1C(C)(C)C. The topological polar surface area (TPSA) is 83.7 Å². The maximum Gasteiger partial charge on any atom is 0.315 e. The normalized spacial score (nSPS) is 23.7. The lowest BCUT2D eigenvalue weighted by Gasteiger charge is -2.31. The van der Waals surface area contributed by atoms with Crippen molar-refractivity contribution in [2.45, 2.75) is 58.8 Å². The van der Waals surface area contributed by atoms with Crippen molar-refractivity contribution < 1.29 is 19.1 Å². The third-order valence-electron chi connectivity index (χ3n) is 4.42. The van der Waals surface area contributed by atoms with Crippen LogP contribution in [0.4, 0.5) is 4.79 Å². The summed E-state index contributed by atoms with van der Waals surface area (Å²) in [5.74, 6) is 0.847. The summed E-state index contributed by atoms with van der Waals surface area (Å²) >= 11 is 0. The van der Waals surface area contributed by atoms with Gasteiger partial charge < -0.3 is 24.9 Å². The van der Waals surface area contributed by atoms with Gasteiger partial charge in [0.15, 0.2) is 0 Å². The van der Waals surface area contributed by atoms with E-state index in [2.05, 4.69) is 31.4 Å². The molecule has 1 aromatic heterocycles. The van der Waals surface area contributed by atoms with Gasteiger partial charge in [-0.3, -0.25) is 0 Å². The lowest BCUT2D eigenvalue weighted by molar-refractivity contribution is 0.00773. The second kappa shape index (κ2) is 8.03. The molecular weight excluding hydrogens is 308 g/mol. The van der Waals surface area contributed by atoms with Gasteiger partial charge in [-0.25, -0.2) is 4.79 Å². The van der Waals surface area contributed by atoms with Gasteiger partial charge in [0.05, 0.1) is 12.4 Å². The van der Waals surface area contributed by atoms with Crippen molar-refractivity contribution in [3.05, 3.63) is 24.2 Å². The van der Waals surface area contributed by atoms with Crippen LogP contribution in [-0.4, -0.2) is 36.4 Å². The maximum atomic E-state index is 12.1. The Morgan fingerprint density at radius 1 is 1.46 bits per heavy atom. The third-order valence-corrected chi connectivity index (χ3v) is 4.42. The molecule has 0 saturated carbocycles. The summed E-state index contributed by atoms with van der Waals surface area (Å²) in [5.41, 5.74) is 0.0692. The predicted octanol–water partition coefficient (Wildman–Crippen LogP) is 2.84. The Labute approximate surface area is 143 Å². The zero-order chi connectivity index (χ0) is 17.7. The molecule has 6 heteroatoms. The van der Waals surface area contributed by atoms with Crippen molar-refractivity contribution in [3.63, 3.8) is 0 Å². The van der Waals surface area contributed by atoms with Crippen molar-refractivity contribution in [1.82, 2.24) is 10.6 Å². The number of carbonyl (C=O) groups is 1. The Morgan fingerprint density at radius 3 is 2.83 bits per heavy atom. The molecule has 3 N–H and O–H groups in total. The summed E-state index contributed by atoms with van der Waals surface area (Å²) in [6, 6.07) is 3.08. The van der Waals surface area contributed by atoms with Crippen LogP contribution in [0.3, 0.4) is 0 Å². The number of rotatable bonds is 6. The summed E-state index contributed by atoms with van der Waals surface area (Å²) in [7, 11) is 0. The van der Waals surface area contributed by atoms with Crippen LogP contribution < -0.4 is 10.6 Å². The summed E-state index contributed by atoms with van der Waals surface area (Å²) in [6.07, 6.45) is 2.34. The van der Waals surface area contributed by atoms with Gasteiger partial charge in [-0.05, 0) is 30.9 Å². The molecule has 1 fully saturated rings. The van der Waals surface area contributed by atoms with Gasteiger partial charge >= 0.3 is 6.03 Å². The monoisotopic (exact) mass is 338 g/mol. The summed E-state index contributed by atoms with van der Waals surface area (Å²) in [4.78, 5) is 12.1. The lowest BCUT2D eigenvalue weighted by Crippen LogP contribution is -2.45. The van der Waals surface area contributed by atoms with E-state index in [1.807, 2.05) is 6.92 Å². The molecule has 0 spiro atoms. The Bertz CT molecular complexity index is 510. The predicted molar refractivity (Wildman–Crippen MR) is 91.6 cm³/mol. The molecule has 0 radical (unpaired) electrons. The van der Waals surface area contributed by atoms with E-state index in [0.29, 0.717) is 24.6 Å². The first-order valence-corrected chi connectivity index (χ1v) is 8.65. The van der Waals surface area contributed by atoms with Gasteiger partial charge in [0, 0.05) is 31.5 Å². The van der Waals surface area contributed by atoms with Crippen LogP contribution in [-0.2, 0) is 4.74 Å². The van der Waals surface area contributed by atoms with Gasteiger partial charge in [-0.15, -0.1) is 0 Å². The van der Waals surface area contributed by atoms with E-state index in [0.717, 1.165) is 13.0 Å². The van der Waals surface area contributed by atoms with E-state index in [4.69, 9.17) is 9.15 Å². The Hall–Kier alpha value is -1.53. The zero-order valence-corrected chi connectivity index (χ0v) is 15.0. The number of carbonyl (C=O) groups excluding carboxylic acids is 1. The highest BCUT2D eigenvalue weighted by atomic mass is 16.5. The average molecular weight is 338 g/mol. The highest BCUT2D eigenvalue weighted by Gasteiger charge is 2.37. The van der Waals surface area contributed by atoms with Crippen molar-refractivity contribution in [1.29, 1.82) is 0 Å². The fourth-order valence-corrected chi connectivity index (χ4v) is 3.29. The fourth-order valence-electron chi connectivity index (χ4n) is 3.29. The molecule has 1 aliphatic heterocycles. The number of urea groups is 1. The standard InChI is InChI=1S/C18H30N2O4/c1-12(10-14(21)15-6-5-8-23-15)20-17(22)19-11-13-7-9-24-16(13)18(2,3)4/h5-6,8,12-14,16,21H,7,9-11H2,1-4H3,(H2,19,20,22)/t12-,13+,14+,16+/m1/s1. The molecule has 0 aromatic carbocycles. The second-order valence-corrected chi connectivity index (χ2v) is 7.73. The van der Waals surface area contributed by atoms with Crippen molar-refractivity contribution >= 4 is 6.03 Å². The van der Waals surface area contributed by atoms with E-state index in [-0.39, 0.29) is 23.6 Å². The van der Waals surface area contributed by atoms with Crippen LogP contribution in [0.2, 0.25) is 0 Å². The summed E-state index contributed by atoms with van der Waals surface area (Å²) in [5, 5.41) is 15.8. The van der Waals surface area contributed by atoms with Crippen LogP contribution in [0.25, 0.3) is 0 Å². The summed E-state index contributed by atoms with van der Waals surface area (Å²) in [6.45, 7) is 9.70. The second-order valence-electron chi connectivity index (χ2n) is 7.73. The minimum atomic E-state index is -0.719. The van der Waals surface area contributed by atoms with Crippen LogP contribution in [0.5, 0.6) is 0 Å². The zero-order valence-electron chi connectivity index (χ0n) is 15.0. The number of aliphatic hydroxyl groups is 1. The van der Waals surface area contributed by atoms with Crippen molar-refractivity contribution in [3.8, 4) is 0 Å². The molecule has 2 heterocycles. The molecule has 6 nitrogen and oxygen atoms in total. The van der Waals surface area contributed by atoms with E-state index >= 15 is 0 Å². The minimum Gasteiger partial charge on any atom is -0.467 e. The first kappa shape index (κ1) is 18.8. The highest BCUT2D eigenvalue weighted by Crippen LogP contribution is 2.34. The molecule has 0 unspecified atom stereocenters. The fraction of sp³-hybridized carbons (Fsp3) is 0.722. The molecule has 4 atom stereocenters. The van der Waals surface area contributed by atoms with Crippen LogP contribution >= 0.6 is 0 Å². The Kier molecular flexibility index (Phi) is 6.29. The van der Waals surface area contributed by atoms with Gasteiger partial charge in [0.25, 0.3) is 0 Å². The van der Waals surface area contributed by atoms with Crippen LogP contribution in [0, 0.1) is 11.3 Å². The molecule has 0 aliphatic carbocycles. The van der Waals surface area contributed by atoms with E-state index in [1.165, 1.54) is 6.26 Å². The van der Waals surface area contributed by atoms with Gasteiger partial charge in [0.2, 0.25) is 0 Å². The quantitative estimate of drug-likeness (QED) is 0.745. The molecule has 2 amide bonds. The van der Waals surface area contributed by atoms with Crippen LogP contribution in [0.1, 0.15) is 52.4 Å². The highest BCUT2D eigenvalue weighted by molar-refractivity contribution is 5.74. The maximum absolute atomic E-state index is 12.1. The molecule has 1 aliphatic rings. The van der Waals surface area contributed by atoms with Gasteiger partial charge in [-0.2, -0.15) is 0 Å². The molecular formula is C18H30N2O4. The number of hydrogen-bond acceptors (Lipinski definition) is 4. The van der Waals surface area contributed by atoms with Crippen molar-refractivity contribution in [2.24, 2.45) is 11.3 Å². The number of furan rings is 1. The van der Waals surface area contributed by atoms with E-state index < -0.39 is 6.10 Å². The van der Waals surface area contributed by atoms with Crippen molar-refractivity contribution in [2.75, 3.05) is 13.2 Å². The summed E-state index contributed by atoms with van der Waals surface area (Å²) < 4.78 is 11.0. The molecule has 1 saturated heterocycles. The van der Waals surface area contributed by atoms with Gasteiger partial charge in [-0.1, -0.05) is 20.8 Å². The lowest BCUT2D eigenvalue weighted by atomic mass is 9.81. The first-order chi connectivity index (χ1) is 11.3. The number of nitrogens with one attached hydrogen (secondary N) is 2. The Balaban J connectivity index is 1.73. The number of hydrogen-bond donors (Lipinski definition) is 3. The number of amides is 2.